The highest BCUT2D eigenvalue weighted by atomic mass is 127. The lowest BCUT2D eigenvalue weighted by molar-refractivity contribution is -0.142. The molecule has 1 aliphatic heterocycles. The highest BCUT2D eigenvalue weighted by Crippen LogP contribution is 2.48. The number of fused-ring (bicyclic) bond motifs is 1. The van der Waals surface area contributed by atoms with Gasteiger partial charge in [0.15, 0.2) is 0 Å². The number of aryl methyl sites for hydroxylation is 1. The predicted molar refractivity (Wildman–Crippen MR) is 150 cm³/mol. The van der Waals surface area contributed by atoms with Crippen LogP contribution < -0.4 is 13.0 Å². The maximum absolute atomic E-state index is 14.8. The first-order chi connectivity index (χ1) is 17.9. The Morgan fingerprint density at radius 3 is 2.65 bits per heavy atom. The number of nitrogens with one attached hydrogen (secondary N) is 1. The second kappa shape index (κ2) is 11.0. The minimum absolute atomic E-state index is 0.00477. The standard InChI is InChI=1S/C30H31FINO4/c1-17(30(34)35)29(19-4-5-19)21-6-3-18-8-12-27(37-28(18)14-21)20-7-10-24(22(13-20)16-33-32)25-15-23(36-2)9-11-26(25)31/h3,6-7,9-11,13-15,17,19,27,29,33H,4-5,8,12,16H2,1-2H3,(H,34,35)/t17-,27?,29-/m0/s1. The van der Waals surface area contributed by atoms with Crippen LogP contribution in [0.25, 0.3) is 11.1 Å². The molecule has 1 unspecified atom stereocenters. The first-order valence-corrected chi connectivity index (χ1v) is 13.8. The van der Waals surface area contributed by atoms with Gasteiger partial charge >= 0.3 is 5.97 Å². The number of aliphatic carboxylic acids is 1. The largest absolute Gasteiger partial charge is 0.497 e. The first-order valence-electron chi connectivity index (χ1n) is 12.7. The molecule has 5 rings (SSSR count). The highest BCUT2D eigenvalue weighted by molar-refractivity contribution is 14.1. The molecule has 1 fully saturated rings. The molecular formula is C30H31FINO4. The summed E-state index contributed by atoms with van der Waals surface area (Å²) in [4.78, 5) is 11.8. The lowest BCUT2D eigenvalue weighted by atomic mass is 9.82. The fourth-order valence-electron chi connectivity index (χ4n) is 5.54. The lowest BCUT2D eigenvalue weighted by Gasteiger charge is -2.29. The molecule has 0 radical (unpaired) electrons. The van der Waals surface area contributed by atoms with Gasteiger partial charge in [-0.2, -0.15) is 0 Å². The molecule has 1 saturated carbocycles. The van der Waals surface area contributed by atoms with Gasteiger partial charge in [0.25, 0.3) is 0 Å². The number of carboxylic acids is 1. The van der Waals surface area contributed by atoms with Crippen LogP contribution in [0.4, 0.5) is 4.39 Å². The zero-order chi connectivity index (χ0) is 26.1. The third-order valence-electron chi connectivity index (χ3n) is 7.70. The van der Waals surface area contributed by atoms with E-state index in [-0.39, 0.29) is 17.8 Å². The number of halogens is 2. The molecule has 194 valence electrons. The van der Waals surface area contributed by atoms with Gasteiger partial charge in [0.1, 0.15) is 23.4 Å². The summed E-state index contributed by atoms with van der Waals surface area (Å²) < 4.78 is 29.8. The van der Waals surface area contributed by atoms with E-state index in [2.05, 4.69) is 50.7 Å². The van der Waals surface area contributed by atoms with E-state index < -0.39 is 11.9 Å². The van der Waals surface area contributed by atoms with Gasteiger partial charge in [-0.05, 0) is 89.6 Å². The Balaban J connectivity index is 1.44. The molecule has 3 atom stereocenters. The summed E-state index contributed by atoms with van der Waals surface area (Å²) in [6, 6.07) is 17.1. The zero-order valence-electron chi connectivity index (χ0n) is 21.0. The quantitative estimate of drug-likeness (QED) is 0.197. The van der Waals surface area contributed by atoms with Gasteiger partial charge < -0.3 is 14.6 Å². The van der Waals surface area contributed by atoms with E-state index in [0.29, 0.717) is 23.8 Å². The Labute approximate surface area is 230 Å². The molecule has 7 heteroatoms. The van der Waals surface area contributed by atoms with Crippen molar-refractivity contribution in [1.29, 1.82) is 0 Å². The molecule has 0 saturated heterocycles. The normalized spacial score (nSPS) is 18.4. The van der Waals surface area contributed by atoms with Crippen molar-refractivity contribution in [3.05, 3.63) is 82.7 Å². The summed E-state index contributed by atoms with van der Waals surface area (Å²) >= 11 is 2.10. The van der Waals surface area contributed by atoms with E-state index >= 15 is 0 Å². The molecule has 1 heterocycles. The van der Waals surface area contributed by atoms with E-state index in [9.17, 15) is 14.3 Å². The van der Waals surface area contributed by atoms with Crippen molar-refractivity contribution in [3.63, 3.8) is 0 Å². The minimum Gasteiger partial charge on any atom is -0.497 e. The van der Waals surface area contributed by atoms with Crippen LogP contribution in [0.1, 0.15) is 60.5 Å². The van der Waals surface area contributed by atoms with E-state index in [0.717, 1.165) is 59.3 Å². The topological polar surface area (TPSA) is 67.8 Å². The van der Waals surface area contributed by atoms with Crippen molar-refractivity contribution in [2.24, 2.45) is 11.8 Å². The zero-order valence-corrected chi connectivity index (χ0v) is 23.1. The molecule has 2 aliphatic rings. The smallest absolute Gasteiger partial charge is 0.306 e. The van der Waals surface area contributed by atoms with Crippen molar-refractivity contribution >= 4 is 28.8 Å². The number of carboxylic acid groups (broad SMARTS) is 1. The van der Waals surface area contributed by atoms with Crippen LogP contribution in [0.15, 0.2) is 54.6 Å². The van der Waals surface area contributed by atoms with Gasteiger partial charge in [-0.25, -0.2) is 4.39 Å². The molecule has 0 bridgehead atoms. The predicted octanol–water partition coefficient (Wildman–Crippen LogP) is 7.22. The molecule has 2 N–H and O–H groups in total. The van der Waals surface area contributed by atoms with Gasteiger partial charge in [0.05, 0.1) is 13.0 Å². The molecular weight excluding hydrogens is 584 g/mol. The second-order valence-corrected chi connectivity index (χ2v) is 10.8. The summed E-state index contributed by atoms with van der Waals surface area (Å²) in [7, 11) is 1.58. The number of methoxy groups -OCH3 is 1. The highest BCUT2D eigenvalue weighted by Gasteiger charge is 2.39. The average molecular weight is 615 g/mol. The van der Waals surface area contributed by atoms with Crippen LogP contribution in [-0.2, 0) is 17.8 Å². The van der Waals surface area contributed by atoms with Crippen LogP contribution in [0, 0.1) is 17.7 Å². The van der Waals surface area contributed by atoms with Crippen molar-refractivity contribution in [1.82, 2.24) is 3.53 Å². The number of ether oxygens (including phenoxy) is 2. The van der Waals surface area contributed by atoms with Gasteiger partial charge in [-0.1, -0.05) is 37.3 Å². The van der Waals surface area contributed by atoms with Crippen LogP contribution in [0.2, 0.25) is 0 Å². The molecule has 37 heavy (non-hydrogen) atoms. The van der Waals surface area contributed by atoms with E-state index in [1.165, 1.54) is 6.07 Å². The Hall–Kier alpha value is -2.65. The number of hydrogen-bond acceptors (Lipinski definition) is 4. The molecule has 0 amide bonds. The van der Waals surface area contributed by atoms with Gasteiger partial charge in [0.2, 0.25) is 0 Å². The van der Waals surface area contributed by atoms with Crippen molar-refractivity contribution < 1.29 is 23.8 Å². The van der Waals surface area contributed by atoms with E-state index in [1.807, 2.05) is 19.1 Å². The molecule has 3 aromatic rings. The minimum atomic E-state index is -0.752. The SMILES string of the molecule is COc1ccc(F)c(-c2ccc(C3CCc4ccc([C@H](C5CC5)[C@H](C)C(=O)O)cc4O3)cc2CNI)c1. The molecule has 3 aromatic carbocycles. The third-order valence-corrected chi connectivity index (χ3v) is 8.08. The molecule has 5 nitrogen and oxygen atoms in total. The van der Waals surface area contributed by atoms with Crippen LogP contribution >= 0.6 is 22.9 Å². The summed E-state index contributed by atoms with van der Waals surface area (Å²) in [5.74, 6) is 0.406. The van der Waals surface area contributed by atoms with Gasteiger partial charge in [0, 0.05) is 35.0 Å². The number of hydrogen-bond donors (Lipinski definition) is 2. The van der Waals surface area contributed by atoms with Crippen molar-refractivity contribution in [2.75, 3.05) is 7.11 Å². The number of rotatable bonds is 9. The van der Waals surface area contributed by atoms with Crippen LogP contribution in [-0.4, -0.2) is 18.2 Å². The van der Waals surface area contributed by atoms with Gasteiger partial charge in [-0.3, -0.25) is 8.32 Å². The van der Waals surface area contributed by atoms with Crippen molar-refractivity contribution in [3.8, 4) is 22.6 Å². The molecule has 0 aromatic heterocycles. The molecule has 0 spiro atoms. The summed E-state index contributed by atoms with van der Waals surface area (Å²) in [5.41, 5.74) is 5.55. The monoisotopic (exact) mass is 615 g/mol. The Morgan fingerprint density at radius 1 is 1.14 bits per heavy atom. The third kappa shape index (κ3) is 5.48. The Morgan fingerprint density at radius 2 is 1.95 bits per heavy atom. The summed E-state index contributed by atoms with van der Waals surface area (Å²) in [6.45, 7) is 2.38. The van der Waals surface area contributed by atoms with Gasteiger partial charge in [-0.15, -0.1) is 0 Å². The summed E-state index contributed by atoms with van der Waals surface area (Å²) in [5, 5.41) is 9.67. The lowest BCUT2D eigenvalue weighted by Crippen LogP contribution is -2.21. The van der Waals surface area contributed by atoms with E-state index in [1.54, 1.807) is 19.2 Å². The number of benzene rings is 3. The molecule has 1 aliphatic carbocycles. The van der Waals surface area contributed by atoms with Crippen LogP contribution in [0.3, 0.4) is 0 Å². The second-order valence-electron chi connectivity index (χ2n) is 10.1. The van der Waals surface area contributed by atoms with Crippen molar-refractivity contribution in [2.45, 2.75) is 51.2 Å². The first kappa shape index (κ1) is 26.0. The fourth-order valence-corrected chi connectivity index (χ4v) is 5.95. The summed E-state index contributed by atoms with van der Waals surface area (Å²) in [6.07, 6.45) is 3.76. The maximum atomic E-state index is 14.8. The Kier molecular flexibility index (Phi) is 7.72. The maximum Gasteiger partial charge on any atom is 0.306 e. The van der Waals surface area contributed by atoms with Crippen LogP contribution in [0.5, 0.6) is 11.5 Å². The van der Waals surface area contributed by atoms with E-state index in [4.69, 9.17) is 9.47 Å². The average Bonchev–Trinajstić information content (AvgIpc) is 3.74. The fraction of sp³-hybridized carbons (Fsp3) is 0.367. The Bertz CT molecular complexity index is 1310. The number of carbonyl (C=O) groups is 1.